The number of carboxylic acid groups (broad SMARTS) is 1. The van der Waals surface area contributed by atoms with Crippen LogP contribution < -0.4 is 5.32 Å². The lowest BCUT2D eigenvalue weighted by atomic mass is 9.94. The number of carbonyl (C=O) groups excluding carboxylic acids is 1. The average Bonchev–Trinajstić information content (AvgIpc) is 2.44. The second kappa shape index (κ2) is 7.20. The lowest BCUT2D eigenvalue weighted by Crippen LogP contribution is -2.45. The number of benzene rings is 1. The Balaban J connectivity index is 2.02. The second-order valence-electron chi connectivity index (χ2n) is 5.30. The van der Waals surface area contributed by atoms with E-state index in [1.54, 1.807) is 11.0 Å². The topological polar surface area (TPSA) is 69.6 Å². The lowest BCUT2D eigenvalue weighted by Gasteiger charge is -2.35. The Hall–Kier alpha value is -1.46. The molecule has 0 aliphatic carbocycles. The van der Waals surface area contributed by atoms with Gasteiger partial charge in [-0.25, -0.2) is 4.79 Å². The molecule has 1 aliphatic rings. The molecule has 5 nitrogen and oxygen atoms in total. The van der Waals surface area contributed by atoms with Gasteiger partial charge in [-0.15, -0.1) is 0 Å². The summed E-state index contributed by atoms with van der Waals surface area (Å²) in [6.45, 7) is 2.85. The highest BCUT2D eigenvalue weighted by Gasteiger charge is 2.29. The van der Waals surface area contributed by atoms with Crippen molar-refractivity contribution in [1.29, 1.82) is 0 Å². The zero-order valence-electron chi connectivity index (χ0n) is 12.2. The predicted octanol–water partition coefficient (Wildman–Crippen LogP) is 3.49. The van der Waals surface area contributed by atoms with E-state index in [-0.39, 0.29) is 18.5 Å². The van der Waals surface area contributed by atoms with Crippen LogP contribution in [-0.2, 0) is 11.2 Å². The smallest absolute Gasteiger partial charge is 0.317 e. The fourth-order valence-corrected chi connectivity index (χ4v) is 3.27. The number of fused-ring (bicyclic) bond motifs is 1. The number of halogens is 2. The van der Waals surface area contributed by atoms with Crippen molar-refractivity contribution in [1.82, 2.24) is 10.2 Å². The van der Waals surface area contributed by atoms with Gasteiger partial charge < -0.3 is 15.3 Å². The highest BCUT2D eigenvalue weighted by Crippen LogP contribution is 2.35. The first-order valence-corrected chi connectivity index (χ1v) is 7.90. The van der Waals surface area contributed by atoms with E-state index in [1.165, 1.54) is 0 Å². The van der Waals surface area contributed by atoms with Gasteiger partial charge in [-0.1, -0.05) is 23.2 Å². The van der Waals surface area contributed by atoms with E-state index < -0.39 is 5.97 Å². The normalized spacial score (nSPS) is 17.0. The number of amides is 2. The van der Waals surface area contributed by atoms with Crippen molar-refractivity contribution >= 4 is 35.2 Å². The van der Waals surface area contributed by atoms with Crippen molar-refractivity contribution in [3.63, 3.8) is 0 Å². The first-order valence-electron chi connectivity index (χ1n) is 7.14. The van der Waals surface area contributed by atoms with Gasteiger partial charge in [0.2, 0.25) is 0 Å². The Kier molecular flexibility index (Phi) is 5.53. The summed E-state index contributed by atoms with van der Waals surface area (Å²) in [7, 11) is 0. The predicted molar refractivity (Wildman–Crippen MR) is 85.6 cm³/mol. The summed E-state index contributed by atoms with van der Waals surface area (Å²) >= 11 is 12.3. The molecule has 1 heterocycles. The standard InChI is InChI=1S/C15H18Cl2N2O3/c1-9-12-7-10(16)8-13(17)11(12)4-6-19(9)15(22)18-5-2-3-14(20)21/h7-9H,2-6H2,1H3,(H,18,22)(H,20,21). The molecule has 0 spiro atoms. The summed E-state index contributed by atoms with van der Waals surface area (Å²) in [5.74, 6) is -0.862. The number of nitrogens with one attached hydrogen (secondary N) is 1. The molecular weight excluding hydrogens is 327 g/mol. The zero-order chi connectivity index (χ0) is 16.3. The fourth-order valence-electron chi connectivity index (χ4n) is 2.67. The largest absolute Gasteiger partial charge is 0.481 e. The first kappa shape index (κ1) is 16.9. The van der Waals surface area contributed by atoms with Crippen LogP contribution in [0.25, 0.3) is 0 Å². The molecule has 0 saturated carbocycles. The Morgan fingerprint density at radius 1 is 1.41 bits per heavy atom. The summed E-state index contributed by atoms with van der Waals surface area (Å²) in [6.07, 6.45) is 1.14. The van der Waals surface area contributed by atoms with Gasteiger partial charge in [-0.3, -0.25) is 4.79 Å². The van der Waals surface area contributed by atoms with Crippen LogP contribution in [0, 0.1) is 0 Å². The van der Waals surface area contributed by atoms with Crippen LogP contribution in [0.4, 0.5) is 4.79 Å². The summed E-state index contributed by atoms with van der Waals surface area (Å²) < 4.78 is 0. The fraction of sp³-hybridized carbons (Fsp3) is 0.467. The summed E-state index contributed by atoms with van der Waals surface area (Å²) in [4.78, 5) is 24.4. The van der Waals surface area contributed by atoms with Crippen LogP contribution in [0.5, 0.6) is 0 Å². The van der Waals surface area contributed by atoms with Gasteiger partial charge in [0, 0.05) is 29.6 Å². The number of urea groups is 1. The lowest BCUT2D eigenvalue weighted by molar-refractivity contribution is -0.137. The van der Waals surface area contributed by atoms with Gasteiger partial charge in [-0.05, 0) is 43.0 Å². The first-order chi connectivity index (χ1) is 10.4. The van der Waals surface area contributed by atoms with Gasteiger partial charge in [0.25, 0.3) is 0 Å². The third-order valence-electron chi connectivity index (χ3n) is 3.82. The molecule has 0 bridgehead atoms. The highest BCUT2D eigenvalue weighted by molar-refractivity contribution is 6.35. The van der Waals surface area contributed by atoms with Crippen molar-refractivity contribution in [2.75, 3.05) is 13.1 Å². The summed E-state index contributed by atoms with van der Waals surface area (Å²) in [5, 5.41) is 12.5. The molecule has 0 aromatic heterocycles. The Morgan fingerprint density at radius 3 is 2.82 bits per heavy atom. The van der Waals surface area contributed by atoms with E-state index >= 15 is 0 Å². The van der Waals surface area contributed by atoms with Crippen molar-refractivity contribution in [3.05, 3.63) is 33.3 Å². The third-order valence-corrected chi connectivity index (χ3v) is 4.38. The van der Waals surface area contributed by atoms with Gasteiger partial charge in [0.1, 0.15) is 0 Å². The van der Waals surface area contributed by atoms with E-state index in [2.05, 4.69) is 5.32 Å². The van der Waals surface area contributed by atoms with E-state index in [0.717, 1.165) is 11.1 Å². The molecule has 1 aromatic carbocycles. The average molecular weight is 345 g/mol. The molecule has 0 radical (unpaired) electrons. The minimum absolute atomic E-state index is 0.0455. The van der Waals surface area contributed by atoms with Crippen molar-refractivity contribution in [2.24, 2.45) is 0 Å². The summed E-state index contributed by atoms with van der Waals surface area (Å²) in [6, 6.07) is 3.24. The molecule has 0 saturated heterocycles. The molecule has 0 fully saturated rings. The van der Waals surface area contributed by atoms with Gasteiger partial charge >= 0.3 is 12.0 Å². The number of hydrogen-bond donors (Lipinski definition) is 2. The van der Waals surface area contributed by atoms with Crippen LogP contribution >= 0.6 is 23.2 Å². The molecule has 22 heavy (non-hydrogen) atoms. The van der Waals surface area contributed by atoms with Crippen molar-refractivity contribution < 1.29 is 14.7 Å². The second-order valence-corrected chi connectivity index (χ2v) is 6.15. The molecule has 120 valence electrons. The maximum absolute atomic E-state index is 12.2. The van der Waals surface area contributed by atoms with Crippen LogP contribution in [-0.4, -0.2) is 35.1 Å². The van der Waals surface area contributed by atoms with Crippen LogP contribution in [0.1, 0.15) is 36.9 Å². The SMILES string of the molecule is CC1c2cc(Cl)cc(Cl)c2CCN1C(=O)NCCCC(=O)O. The number of nitrogens with zero attached hydrogens (tertiary/aromatic N) is 1. The molecule has 1 atom stereocenters. The Labute approximate surface area is 139 Å². The maximum atomic E-state index is 12.2. The highest BCUT2D eigenvalue weighted by atomic mass is 35.5. The van der Waals surface area contributed by atoms with Crippen LogP contribution in [0.3, 0.4) is 0 Å². The maximum Gasteiger partial charge on any atom is 0.317 e. The molecule has 2 amide bonds. The number of rotatable bonds is 4. The molecule has 1 aromatic rings. The van der Waals surface area contributed by atoms with Crippen molar-refractivity contribution in [3.8, 4) is 0 Å². The van der Waals surface area contributed by atoms with Crippen molar-refractivity contribution in [2.45, 2.75) is 32.2 Å². The monoisotopic (exact) mass is 344 g/mol. The molecule has 1 aliphatic heterocycles. The minimum atomic E-state index is -0.862. The molecule has 2 N–H and O–H groups in total. The van der Waals surface area contributed by atoms with Crippen LogP contribution in [0.15, 0.2) is 12.1 Å². The molecule has 1 unspecified atom stereocenters. The van der Waals surface area contributed by atoms with Crippen LogP contribution in [0.2, 0.25) is 10.0 Å². The Morgan fingerprint density at radius 2 is 2.14 bits per heavy atom. The molecule has 7 heteroatoms. The minimum Gasteiger partial charge on any atom is -0.481 e. The number of hydrogen-bond acceptors (Lipinski definition) is 2. The Bertz CT molecular complexity index is 592. The summed E-state index contributed by atoms with van der Waals surface area (Å²) in [5.41, 5.74) is 2.00. The van der Waals surface area contributed by atoms with E-state index in [1.807, 2.05) is 13.0 Å². The number of carbonyl (C=O) groups is 2. The molecule has 2 rings (SSSR count). The quantitative estimate of drug-likeness (QED) is 0.821. The zero-order valence-corrected chi connectivity index (χ0v) is 13.7. The number of aliphatic carboxylic acids is 1. The van der Waals surface area contributed by atoms with E-state index in [0.29, 0.717) is 36.0 Å². The molecular formula is C15H18Cl2N2O3. The van der Waals surface area contributed by atoms with E-state index in [9.17, 15) is 9.59 Å². The third kappa shape index (κ3) is 3.84. The number of carboxylic acids is 1. The van der Waals surface area contributed by atoms with Gasteiger partial charge in [0.05, 0.1) is 6.04 Å². The van der Waals surface area contributed by atoms with Gasteiger partial charge in [0.15, 0.2) is 0 Å². The van der Waals surface area contributed by atoms with Gasteiger partial charge in [-0.2, -0.15) is 0 Å². The van der Waals surface area contributed by atoms with E-state index in [4.69, 9.17) is 28.3 Å².